The highest BCUT2D eigenvalue weighted by Crippen LogP contribution is 2.42. The molecule has 2 N–H and O–H groups in total. The van der Waals surface area contributed by atoms with Crippen LogP contribution in [0.5, 0.6) is 0 Å². The standard InChI is InChI=1S/C14H20N2O4S3/c1-21-12-8-10-2-3-11(9-12)16(10)23(19,20)14-6-4-13(5-7-14)22(15,17)18/h4-7,10-12H,2-3,8-9H2,1H3,(H2,15,17,18). The first-order valence-corrected chi connectivity index (χ1v) is 11.7. The van der Waals surface area contributed by atoms with Crippen molar-refractivity contribution in [2.24, 2.45) is 5.14 Å². The van der Waals surface area contributed by atoms with E-state index in [9.17, 15) is 16.8 Å². The highest BCUT2D eigenvalue weighted by molar-refractivity contribution is 7.99. The number of piperidine rings is 1. The van der Waals surface area contributed by atoms with Gasteiger partial charge in [-0.2, -0.15) is 16.1 Å². The zero-order chi connectivity index (χ0) is 16.8. The van der Waals surface area contributed by atoms with E-state index in [4.69, 9.17) is 5.14 Å². The second-order valence-corrected chi connectivity index (χ2v) is 10.6. The lowest BCUT2D eigenvalue weighted by Gasteiger charge is -2.37. The molecule has 2 fully saturated rings. The largest absolute Gasteiger partial charge is 0.243 e. The summed E-state index contributed by atoms with van der Waals surface area (Å²) in [4.78, 5) is 0.0462. The summed E-state index contributed by atoms with van der Waals surface area (Å²) in [5.41, 5.74) is 0. The molecule has 1 aromatic carbocycles. The summed E-state index contributed by atoms with van der Waals surface area (Å²) >= 11 is 1.80. The van der Waals surface area contributed by atoms with E-state index in [1.54, 1.807) is 16.1 Å². The summed E-state index contributed by atoms with van der Waals surface area (Å²) in [6, 6.07) is 5.25. The topological polar surface area (TPSA) is 97.5 Å². The Kier molecular flexibility index (Phi) is 4.52. The molecule has 2 atom stereocenters. The van der Waals surface area contributed by atoms with Gasteiger partial charge in [-0.05, 0) is 56.2 Å². The van der Waals surface area contributed by atoms with Gasteiger partial charge >= 0.3 is 0 Å². The maximum absolute atomic E-state index is 12.9. The highest BCUT2D eigenvalue weighted by atomic mass is 32.2. The zero-order valence-corrected chi connectivity index (χ0v) is 15.2. The van der Waals surface area contributed by atoms with Gasteiger partial charge in [0.1, 0.15) is 0 Å². The maximum Gasteiger partial charge on any atom is 0.243 e. The van der Waals surface area contributed by atoms with Gasteiger partial charge in [-0.1, -0.05) is 0 Å². The number of hydrogen-bond acceptors (Lipinski definition) is 5. The SMILES string of the molecule is CSC1CC2CCC(C1)N2S(=O)(=O)c1ccc(S(N)(=O)=O)cc1. The number of sulfonamides is 2. The van der Waals surface area contributed by atoms with E-state index in [1.807, 2.05) is 0 Å². The molecular weight excluding hydrogens is 356 g/mol. The number of thioether (sulfide) groups is 1. The van der Waals surface area contributed by atoms with Gasteiger partial charge in [0.25, 0.3) is 0 Å². The van der Waals surface area contributed by atoms with E-state index in [0.717, 1.165) is 25.7 Å². The van der Waals surface area contributed by atoms with Crippen molar-refractivity contribution in [1.29, 1.82) is 0 Å². The van der Waals surface area contributed by atoms with E-state index in [0.29, 0.717) is 5.25 Å². The average Bonchev–Trinajstić information content (AvgIpc) is 2.78. The van der Waals surface area contributed by atoms with Crippen LogP contribution in [-0.2, 0) is 20.0 Å². The minimum atomic E-state index is -3.82. The van der Waals surface area contributed by atoms with Crippen LogP contribution in [0.25, 0.3) is 0 Å². The lowest BCUT2D eigenvalue weighted by molar-refractivity contribution is 0.253. The lowest BCUT2D eigenvalue weighted by atomic mass is 10.1. The molecular formula is C14H20N2O4S3. The molecule has 0 aromatic heterocycles. The third kappa shape index (κ3) is 3.17. The van der Waals surface area contributed by atoms with Crippen molar-refractivity contribution in [2.45, 2.75) is 52.8 Å². The van der Waals surface area contributed by atoms with E-state index in [2.05, 4.69) is 6.26 Å². The molecule has 0 radical (unpaired) electrons. The molecule has 1 aromatic rings. The fourth-order valence-corrected chi connectivity index (χ4v) is 6.83. The predicted octanol–water partition coefficient (Wildman–Crippen LogP) is 1.38. The van der Waals surface area contributed by atoms with Gasteiger partial charge in [-0.15, -0.1) is 0 Å². The highest BCUT2D eigenvalue weighted by Gasteiger charge is 2.46. The number of nitrogens with two attached hydrogens (primary N) is 1. The first-order chi connectivity index (χ1) is 10.7. The first kappa shape index (κ1) is 17.2. The van der Waals surface area contributed by atoms with Crippen molar-refractivity contribution < 1.29 is 16.8 Å². The second kappa shape index (κ2) is 6.03. The summed E-state index contributed by atoms with van der Waals surface area (Å²) in [5.74, 6) is 0. The average molecular weight is 377 g/mol. The monoisotopic (exact) mass is 376 g/mol. The predicted molar refractivity (Wildman–Crippen MR) is 90.2 cm³/mol. The number of hydrogen-bond donors (Lipinski definition) is 1. The van der Waals surface area contributed by atoms with Gasteiger partial charge in [0.2, 0.25) is 20.0 Å². The smallest absolute Gasteiger partial charge is 0.225 e. The van der Waals surface area contributed by atoms with Gasteiger partial charge in [-0.25, -0.2) is 22.0 Å². The van der Waals surface area contributed by atoms with Crippen molar-refractivity contribution >= 4 is 31.8 Å². The molecule has 6 nitrogen and oxygen atoms in total. The molecule has 0 spiro atoms. The van der Waals surface area contributed by atoms with Gasteiger partial charge in [-0.3, -0.25) is 0 Å². The summed E-state index contributed by atoms with van der Waals surface area (Å²) in [5, 5.41) is 5.57. The van der Waals surface area contributed by atoms with Gasteiger partial charge in [0.15, 0.2) is 0 Å². The first-order valence-electron chi connectivity index (χ1n) is 7.42. The molecule has 2 saturated heterocycles. The van der Waals surface area contributed by atoms with Crippen LogP contribution < -0.4 is 5.14 Å². The van der Waals surface area contributed by atoms with Crippen LogP contribution in [0.4, 0.5) is 0 Å². The third-order valence-corrected chi connectivity index (χ3v) is 8.68. The fourth-order valence-electron chi connectivity index (χ4n) is 3.59. The Morgan fingerprint density at radius 2 is 1.48 bits per heavy atom. The summed E-state index contributed by atoms with van der Waals surface area (Å²) in [6.45, 7) is 0. The molecule has 3 rings (SSSR count). The van der Waals surface area contributed by atoms with Crippen molar-refractivity contribution in [3.63, 3.8) is 0 Å². The molecule has 2 aliphatic heterocycles. The Hall–Kier alpha value is -0.610. The molecule has 2 heterocycles. The van der Waals surface area contributed by atoms with E-state index in [1.165, 1.54) is 24.3 Å². The number of primary sulfonamides is 1. The molecule has 2 aliphatic rings. The minimum absolute atomic E-state index is 0.0501. The van der Waals surface area contributed by atoms with Gasteiger partial charge < -0.3 is 0 Å². The van der Waals surface area contributed by atoms with Crippen LogP contribution in [-0.4, -0.2) is 44.7 Å². The van der Waals surface area contributed by atoms with Crippen LogP contribution in [0.3, 0.4) is 0 Å². The zero-order valence-electron chi connectivity index (χ0n) is 12.8. The lowest BCUT2D eigenvalue weighted by Crippen LogP contribution is -2.47. The Labute approximate surface area is 141 Å². The van der Waals surface area contributed by atoms with E-state index < -0.39 is 20.0 Å². The molecule has 128 valence electrons. The van der Waals surface area contributed by atoms with Crippen molar-refractivity contribution in [1.82, 2.24) is 4.31 Å². The van der Waals surface area contributed by atoms with Crippen LogP contribution in [0.1, 0.15) is 25.7 Å². The van der Waals surface area contributed by atoms with E-state index >= 15 is 0 Å². The Morgan fingerprint density at radius 3 is 1.91 bits per heavy atom. The number of nitrogens with zero attached hydrogens (tertiary/aromatic N) is 1. The van der Waals surface area contributed by atoms with Crippen molar-refractivity contribution in [3.05, 3.63) is 24.3 Å². The summed E-state index contributed by atoms with van der Waals surface area (Å²) in [6.07, 6.45) is 5.63. The normalized spacial score (nSPS) is 28.9. The minimum Gasteiger partial charge on any atom is -0.225 e. The molecule has 2 bridgehead atoms. The van der Waals surface area contributed by atoms with Crippen LogP contribution in [0.15, 0.2) is 34.1 Å². The fraction of sp³-hybridized carbons (Fsp3) is 0.571. The second-order valence-electron chi connectivity index (χ2n) is 6.07. The van der Waals surface area contributed by atoms with Gasteiger partial charge in [0, 0.05) is 17.3 Å². The summed E-state index contributed by atoms with van der Waals surface area (Å²) in [7, 11) is -7.42. The molecule has 9 heteroatoms. The van der Waals surface area contributed by atoms with Crippen LogP contribution in [0, 0.1) is 0 Å². The molecule has 0 aliphatic carbocycles. The molecule has 0 amide bonds. The van der Waals surface area contributed by atoms with Crippen molar-refractivity contribution in [2.75, 3.05) is 6.26 Å². The summed E-state index contributed by atoms with van der Waals surface area (Å²) < 4.78 is 50.1. The Morgan fingerprint density at radius 1 is 1.00 bits per heavy atom. The van der Waals surface area contributed by atoms with E-state index in [-0.39, 0.29) is 21.9 Å². The van der Waals surface area contributed by atoms with Crippen molar-refractivity contribution in [3.8, 4) is 0 Å². The maximum atomic E-state index is 12.9. The quantitative estimate of drug-likeness (QED) is 0.856. The Bertz CT molecular complexity index is 776. The number of fused-ring (bicyclic) bond motifs is 2. The third-order valence-electron chi connectivity index (χ3n) is 4.68. The molecule has 0 saturated carbocycles. The molecule has 2 unspecified atom stereocenters. The number of benzene rings is 1. The van der Waals surface area contributed by atoms with Crippen LogP contribution >= 0.6 is 11.8 Å². The van der Waals surface area contributed by atoms with Crippen LogP contribution in [0.2, 0.25) is 0 Å². The molecule has 23 heavy (non-hydrogen) atoms. The number of rotatable bonds is 4. The van der Waals surface area contributed by atoms with Gasteiger partial charge in [0.05, 0.1) is 9.79 Å². The Balaban J connectivity index is 1.91.